The highest BCUT2D eigenvalue weighted by molar-refractivity contribution is 5.98. The Morgan fingerprint density at radius 2 is 1.86 bits per heavy atom. The minimum Gasteiger partial charge on any atom is -0.393 e. The first-order valence-corrected chi connectivity index (χ1v) is 8.22. The Balaban J connectivity index is 2.53. The molecule has 0 aliphatic carbocycles. The van der Waals surface area contributed by atoms with Crippen LogP contribution >= 0.6 is 0 Å². The van der Waals surface area contributed by atoms with Crippen molar-refractivity contribution in [1.82, 2.24) is 14.6 Å². The number of rotatable bonds is 7. The predicted molar refractivity (Wildman–Crippen MR) is 97.9 cm³/mol. The van der Waals surface area contributed by atoms with E-state index in [0.717, 1.165) is 4.57 Å². The summed E-state index contributed by atoms with van der Waals surface area (Å²) < 4.78 is 15.9. The molecular weight excluding hydrogens is 375 g/mol. The van der Waals surface area contributed by atoms with Crippen LogP contribution in [-0.2, 0) is 18.9 Å². The minimum atomic E-state index is -1.11. The number of aliphatic hydroxyl groups excluding tert-OH is 2. The molecule has 2 aromatic rings. The van der Waals surface area contributed by atoms with Gasteiger partial charge in [0.2, 0.25) is 0 Å². The molecule has 10 nitrogen and oxygen atoms in total. The summed E-state index contributed by atoms with van der Waals surface area (Å²) in [6.45, 7) is 0.527. The van der Waals surface area contributed by atoms with E-state index in [0.29, 0.717) is 10.1 Å². The number of aromatic nitrogens is 2. The largest absolute Gasteiger partial charge is 0.393 e. The van der Waals surface area contributed by atoms with Crippen LogP contribution in [0.3, 0.4) is 0 Å². The van der Waals surface area contributed by atoms with Gasteiger partial charge in [0.25, 0.3) is 11.5 Å². The van der Waals surface area contributed by atoms with Crippen LogP contribution in [0.2, 0.25) is 0 Å². The van der Waals surface area contributed by atoms with Gasteiger partial charge in [-0.15, -0.1) is 0 Å². The van der Waals surface area contributed by atoms with Crippen molar-refractivity contribution >= 4 is 17.4 Å². The number of aryl methyl sites for hydroxylation is 1. The SMILES string of the molecule is Cc1ccc(Nc2c(C(=O)NOC(CO)CO)c(=O)n(C)c(=O)n2C)c(F)c1. The fourth-order valence-corrected chi connectivity index (χ4v) is 2.36. The molecule has 1 heterocycles. The molecule has 0 spiro atoms. The summed E-state index contributed by atoms with van der Waals surface area (Å²) in [4.78, 5) is 42.1. The highest BCUT2D eigenvalue weighted by atomic mass is 19.1. The molecule has 0 fully saturated rings. The molecule has 152 valence electrons. The lowest BCUT2D eigenvalue weighted by Crippen LogP contribution is -2.44. The monoisotopic (exact) mass is 396 g/mol. The van der Waals surface area contributed by atoms with Crippen molar-refractivity contribution in [3.63, 3.8) is 0 Å². The number of halogens is 1. The van der Waals surface area contributed by atoms with Gasteiger partial charge >= 0.3 is 5.69 Å². The summed E-state index contributed by atoms with van der Waals surface area (Å²) in [6.07, 6.45) is -1.11. The number of hydroxylamine groups is 1. The van der Waals surface area contributed by atoms with Gasteiger partial charge in [0.15, 0.2) is 0 Å². The maximum Gasteiger partial charge on any atom is 0.332 e. The van der Waals surface area contributed by atoms with Crippen LogP contribution in [0.25, 0.3) is 0 Å². The number of amides is 1. The third kappa shape index (κ3) is 4.27. The van der Waals surface area contributed by atoms with E-state index in [9.17, 15) is 18.8 Å². The molecule has 2 rings (SSSR count). The summed E-state index contributed by atoms with van der Waals surface area (Å²) in [5.74, 6) is -1.93. The Kier molecular flexibility index (Phi) is 6.67. The molecule has 0 atom stereocenters. The number of aliphatic hydroxyl groups is 2. The summed E-state index contributed by atoms with van der Waals surface area (Å²) in [7, 11) is 2.49. The number of carbonyl (C=O) groups excluding carboxylic acids is 1. The van der Waals surface area contributed by atoms with Crippen LogP contribution in [0.15, 0.2) is 27.8 Å². The molecule has 0 aliphatic rings. The molecular formula is C17H21FN4O6. The van der Waals surface area contributed by atoms with E-state index in [1.54, 1.807) is 13.0 Å². The first kappa shape index (κ1) is 21.3. The van der Waals surface area contributed by atoms with Crippen LogP contribution in [0.4, 0.5) is 15.9 Å². The topological polar surface area (TPSA) is 135 Å². The van der Waals surface area contributed by atoms with Crippen molar-refractivity contribution in [3.05, 3.63) is 56.0 Å². The minimum absolute atomic E-state index is 0.0487. The Labute approximate surface area is 158 Å². The zero-order valence-corrected chi connectivity index (χ0v) is 15.5. The second kappa shape index (κ2) is 8.78. The van der Waals surface area contributed by atoms with Gasteiger partial charge in [-0.2, -0.15) is 0 Å². The van der Waals surface area contributed by atoms with Crippen LogP contribution in [0.1, 0.15) is 15.9 Å². The molecule has 11 heteroatoms. The zero-order valence-electron chi connectivity index (χ0n) is 15.5. The molecule has 0 saturated heterocycles. The molecule has 0 saturated carbocycles. The lowest BCUT2D eigenvalue weighted by atomic mass is 10.2. The number of nitrogens with one attached hydrogen (secondary N) is 2. The molecule has 0 radical (unpaired) electrons. The zero-order chi connectivity index (χ0) is 21.0. The number of anilines is 2. The van der Waals surface area contributed by atoms with Crippen molar-refractivity contribution in [2.24, 2.45) is 14.1 Å². The third-order valence-corrected chi connectivity index (χ3v) is 3.99. The molecule has 1 aromatic heterocycles. The summed E-state index contributed by atoms with van der Waals surface area (Å²) >= 11 is 0. The van der Waals surface area contributed by atoms with E-state index >= 15 is 0 Å². The van der Waals surface area contributed by atoms with Gasteiger partial charge in [0.05, 0.1) is 18.9 Å². The Morgan fingerprint density at radius 3 is 2.43 bits per heavy atom. The van der Waals surface area contributed by atoms with Crippen molar-refractivity contribution in [2.45, 2.75) is 13.0 Å². The molecule has 0 bridgehead atoms. The van der Waals surface area contributed by atoms with E-state index in [-0.39, 0.29) is 11.5 Å². The van der Waals surface area contributed by atoms with E-state index in [1.807, 2.05) is 5.48 Å². The van der Waals surface area contributed by atoms with Crippen LogP contribution in [0, 0.1) is 12.7 Å². The van der Waals surface area contributed by atoms with Gasteiger partial charge in [-0.1, -0.05) is 6.07 Å². The predicted octanol–water partition coefficient (Wildman–Crippen LogP) is -0.710. The third-order valence-electron chi connectivity index (χ3n) is 3.99. The first-order valence-electron chi connectivity index (χ1n) is 8.22. The summed E-state index contributed by atoms with van der Waals surface area (Å²) in [5, 5.41) is 20.6. The number of carbonyl (C=O) groups is 1. The van der Waals surface area contributed by atoms with Crippen molar-refractivity contribution in [2.75, 3.05) is 18.5 Å². The van der Waals surface area contributed by atoms with Crippen molar-refractivity contribution in [1.29, 1.82) is 0 Å². The number of hydrogen-bond donors (Lipinski definition) is 4. The lowest BCUT2D eigenvalue weighted by molar-refractivity contribution is -0.0619. The average molecular weight is 396 g/mol. The second-order valence-electron chi connectivity index (χ2n) is 6.07. The van der Waals surface area contributed by atoms with Gasteiger partial charge in [-0.05, 0) is 24.6 Å². The van der Waals surface area contributed by atoms with E-state index < -0.39 is 47.9 Å². The van der Waals surface area contributed by atoms with Gasteiger partial charge < -0.3 is 15.5 Å². The van der Waals surface area contributed by atoms with Crippen molar-refractivity contribution in [3.8, 4) is 0 Å². The normalized spacial score (nSPS) is 11.0. The number of nitrogens with zero attached hydrogens (tertiary/aromatic N) is 2. The van der Waals surface area contributed by atoms with Gasteiger partial charge in [0, 0.05) is 14.1 Å². The van der Waals surface area contributed by atoms with Crippen LogP contribution in [0.5, 0.6) is 0 Å². The Morgan fingerprint density at radius 1 is 1.21 bits per heavy atom. The van der Waals surface area contributed by atoms with Crippen LogP contribution < -0.4 is 22.0 Å². The fourth-order valence-electron chi connectivity index (χ4n) is 2.36. The van der Waals surface area contributed by atoms with Gasteiger partial charge in [0.1, 0.15) is 23.3 Å². The molecule has 0 unspecified atom stereocenters. The second-order valence-corrected chi connectivity index (χ2v) is 6.07. The smallest absolute Gasteiger partial charge is 0.332 e. The fraction of sp³-hybridized carbons (Fsp3) is 0.353. The lowest BCUT2D eigenvalue weighted by Gasteiger charge is -2.18. The van der Waals surface area contributed by atoms with E-state index in [1.165, 1.54) is 26.2 Å². The number of hydrogen-bond acceptors (Lipinski definition) is 7. The molecule has 1 amide bonds. The average Bonchev–Trinajstić information content (AvgIpc) is 2.67. The summed E-state index contributed by atoms with van der Waals surface area (Å²) in [6, 6.07) is 4.26. The Hall–Kier alpha value is -3.02. The maximum absolute atomic E-state index is 14.2. The van der Waals surface area contributed by atoms with Crippen molar-refractivity contribution < 1.29 is 24.2 Å². The highest BCUT2D eigenvalue weighted by Crippen LogP contribution is 2.21. The number of benzene rings is 1. The summed E-state index contributed by atoms with van der Waals surface area (Å²) in [5.41, 5.74) is 0.363. The van der Waals surface area contributed by atoms with Gasteiger partial charge in [-0.3, -0.25) is 23.6 Å². The molecule has 28 heavy (non-hydrogen) atoms. The standard InChI is InChI=1S/C17H21FN4O6/c1-9-4-5-12(11(18)6-9)19-14-13(15(25)20-28-10(7-23)8-24)16(26)22(3)17(27)21(14)2/h4-6,10,19,23-24H,7-8H2,1-3H3,(H,20,25). The maximum atomic E-state index is 14.2. The van der Waals surface area contributed by atoms with Gasteiger partial charge in [-0.25, -0.2) is 14.7 Å². The quantitative estimate of drug-likeness (QED) is 0.454. The molecule has 4 N–H and O–H groups in total. The van der Waals surface area contributed by atoms with E-state index in [2.05, 4.69) is 5.32 Å². The highest BCUT2D eigenvalue weighted by Gasteiger charge is 2.24. The first-order chi connectivity index (χ1) is 13.2. The molecule has 0 aliphatic heterocycles. The van der Waals surface area contributed by atoms with Crippen LogP contribution in [-0.4, -0.2) is 44.6 Å². The molecule has 1 aromatic carbocycles. The van der Waals surface area contributed by atoms with E-state index in [4.69, 9.17) is 15.1 Å². The Bertz CT molecular complexity index is 996.